The number of fused-ring (bicyclic) bond motifs is 2. The molecule has 4 nitrogen and oxygen atoms in total. The summed E-state index contributed by atoms with van der Waals surface area (Å²) >= 11 is 0. The molecular weight excluding hydrogens is 338 g/mol. The quantitative estimate of drug-likeness (QED) is 0.489. The van der Waals surface area contributed by atoms with Gasteiger partial charge in [-0.25, -0.2) is 4.79 Å². The van der Waals surface area contributed by atoms with E-state index in [1.54, 1.807) is 19.2 Å². The van der Waals surface area contributed by atoms with Crippen LogP contribution in [0.4, 0.5) is 0 Å². The molecule has 0 unspecified atom stereocenters. The molecule has 0 spiro atoms. The molecule has 0 amide bonds. The first-order chi connectivity index (χ1) is 13.1. The topological polar surface area (TPSA) is 42.7 Å². The van der Waals surface area contributed by atoms with Crippen molar-refractivity contribution in [3.63, 3.8) is 0 Å². The van der Waals surface area contributed by atoms with Gasteiger partial charge in [-0.05, 0) is 47.1 Å². The summed E-state index contributed by atoms with van der Waals surface area (Å²) in [6.45, 7) is 1.45. The molecule has 27 heavy (non-hydrogen) atoms. The van der Waals surface area contributed by atoms with E-state index < -0.39 is 0 Å². The van der Waals surface area contributed by atoms with Crippen LogP contribution < -0.4 is 10.4 Å². The maximum atomic E-state index is 12.0. The molecule has 4 rings (SSSR count). The van der Waals surface area contributed by atoms with Gasteiger partial charge in [-0.15, -0.1) is 0 Å². The Morgan fingerprint density at radius 2 is 1.74 bits per heavy atom. The molecule has 4 heteroatoms. The fourth-order valence-corrected chi connectivity index (χ4v) is 3.46. The van der Waals surface area contributed by atoms with Gasteiger partial charge in [0.1, 0.15) is 11.3 Å². The third-order valence-corrected chi connectivity index (χ3v) is 4.74. The second kappa shape index (κ2) is 7.25. The van der Waals surface area contributed by atoms with Gasteiger partial charge in [0, 0.05) is 30.6 Å². The predicted octanol–water partition coefficient (Wildman–Crippen LogP) is 4.59. The Bertz CT molecular complexity index is 1160. The highest BCUT2D eigenvalue weighted by atomic mass is 16.5. The van der Waals surface area contributed by atoms with Crippen molar-refractivity contribution in [2.75, 3.05) is 14.2 Å². The lowest BCUT2D eigenvalue weighted by atomic mass is 10.1. The number of hydrogen-bond donors (Lipinski definition) is 0. The molecule has 0 aliphatic heterocycles. The monoisotopic (exact) mass is 359 g/mol. The number of methoxy groups -OCH3 is 1. The van der Waals surface area contributed by atoms with Crippen LogP contribution in [0.25, 0.3) is 21.7 Å². The van der Waals surface area contributed by atoms with E-state index in [2.05, 4.69) is 54.4 Å². The van der Waals surface area contributed by atoms with E-state index in [1.807, 2.05) is 12.1 Å². The third-order valence-electron chi connectivity index (χ3n) is 4.74. The van der Waals surface area contributed by atoms with E-state index >= 15 is 0 Å². The van der Waals surface area contributed by atoms with Gasteiger partial charge < -0.3 is 9.15 Å². The van der Waals surface area contributed by atoms with Crippen molar-refractivity contribution < 1.29 is 9.15 Å². The Kier molecular flexibility index (Phi) is 4.65. The summed E-state index contributed by atoms with van der Waals surface area (Å²) in [5.74, 6) is 0.673. The highest BCUT2D eigenvalue weighted by Crippen LogP contribution is 2.24. The van der Waals surface area contributed by atoms with Crippen LogP contribution in [-0.4, -0.2) is 19.1 Å². The molecular formula is C23H21NO3. The first-order valence-corrected chi connectivity index (χ1v) is 8.89. The normalized spacial score (nSPS) is 11.4. The van der Waals surface area contributed by atoms with Crippen LogP contribution in [0.1, 0.15) is 11.1 Å². The van der Waals surface area contributed by atoms with Crippen molar-refractivity contribution in [2.45, 2.75) is 13.1 Å². The van der Waals surface area contributed by atoms with E-state index in [0.29, 0.717) is 17.9 Å². The van der Waals surface area contributed by atoms with Gasteiger partial charge >= 0.3 is 5.63 Å². The van der Waals surface area contributed by atoms with Crippen molar-refractivity contribution in [3.05, 3.63) is 88.3 Å². The van der Waals surface area contributed by atoms with Crippen LogP contribution in [0.2, 0.25) is 0 Å². The summed E-state index contributed by atoms with van der Waals surface area (Å²) in [5.41, 5.74) is 2.40. The minimum Gasteiger partial charge on any atom is -0.497 e. The number of rotatable bonds is 5. The van der Waals surface area contributed by atoms with E-state index in [4.69, 9.17) is 9.15 Å². The molecule has 3 aromatic carbocycles. The van der Waals surface area contributed by atoms with Crippen LogP contribution >= 0.6 is 0 Å². The summed E-state index contributed by atoms with van der Waals surface area (Å²) < 4.78 is 10.6. The maximum Gasteiger partial charge on any atom is 0.336 e. The molecule has 0 fully saturated rings. The van der Waals surface area contributed by atoms with E-state index in [-0.39, 0.29) is 5.63 Å². The second-order valence-electron chi connectivity index (χ2n) is 6.81. The standard InChI is InChI=1S/C23H21NO3/c1-24(14-16-7-8-17-5-3-4-6-18(17)11-16)15-19-12-23(25)27-22-13-20(26-2)9-10-21(19)22/h3-13H,14-15H2,1-2H3. The van der Waals surface area contributed by atoms with Crippen molar-refractivity contribution in [1.82, 2.24) is 4.90 Å². The van der Waals surface area contributed by atoms with Crippen molar-refractivity contribution in [2.24, 2.45) is 0 Å². The molecule has 1 heterocycles. The summed E-state index contributed by atoms with van der Waals surface area (Å²) in [5, 5.41) is 3.41. The number of nitrogens with zero attached hydrogens (tertiary/aromatic N) is 1. The highest BCUT2D eigenvalue weighted by Gasteiger charge is 2.10. The summed E-state index contributed by atoms with van der Waals surface area (Å²) in [6.07, 6.45) is 0. The van der Waals surface area contributed by atoms with Gasteiger partial charge in [0.25, 0.3) is 0 Å². The second-order valence-corrected chi connectivity index (χ2v) is 6.81. The van der Waals surface area contributed by atoms with Crippen LogP contribution in [-0.2, 0) is 13.1 Å². The van der Waals surface area contributed by atoms with E-state index in [1.165, 1.54) is 16.3 Å². The number of ether oxygens (including phenoxy) is 1. The van der Waals surface area contributed by atoms with E-state index in [0.717, 1.165) is 17.5 Å². The zero-order valence-electron chi connectivity index (χ0n) is 15.4. The minimum absolute atomic E-state index is 0.343. The molecule has 0 aliphatic rings. The van der Waals surface area contributed by atoms with Crippen LogP contribution in [0.5, 0.6) is 5.75 Å². The largest absolute Gasteiger partial charge is 0.497 e. The molecule has 0 atom stereocenters. The Balaban J connectivity index is 1.60. The Morgan fingerprint density at radius 1 is 0.926 bits per heavy atom. The van der Waals surface area contributed by atoms with Gasteiger partial charge in [-0.2, -0.15) is 0 Å². The maximum absolute atomic E-state index is 12.0. The molecule has 0 saturated carbocycles. The van der Waals surface area contributed by atoms with Gasteiger partial charge in [0.05, 0.1) is 7.11 Å². The summed E-state index contributed by atoms with van der Waals surface area (Å²) in [4.78, 5) is 14.2. The predicted molar refractivity (Wildman–Crippen MR) is 108 cm³/mol. The van der Waals surface area contributed by atoms with Gasteiger partial charge in [0.15, 0.2) is 0 Å². The Labute approximate surface area is 157 Å². The van der Waals surface area contributed by atoms with Gasteiger partial charge in [-0.3, -0.25) is 4.90 Å². The Morgan fingerprint density at radius 3 is 2.56 bits per heavy atom. The molecule has 0 radical (unpaired) electrons. The molecule has 0 N–H and O–H groups in total. The molecule has 0 bridgehead atoms. The van der Waals surface area contributed by atoms with Gasteiger partial charge in [0.2, 0.25) is 0 Å². The highest BCUT2D eigenvalue weighted by molar-refractivity contribution is 5.83. The summed E-state index contributed by atoms with van der Waals surface area (Å²) in [7, 11) is 3.65. The first-order valence-electron chi connectivity index (χ1n) is 8.89. The van der Waals surface area contributed by atoms with Crippen LogP contribution in [0.3, 0.4) is 0 Å². The molecule has 4 aromatic rings. The van der Waals surface area contributed by atoms with Crippen LogP contribution in [0, 0.1) is 0 Å². The SMILES string of the molecule is COc1ccc2c(CN(C)Cc3ccc4ccccc4c3)cc(=O)oc2c1. The zero-order chi connectivity index (χ0) is 18.8. The third kappa shape index (κ3) is 3.71. The summed E-state index contributed by atoms with van der Waals surface area (Å²) in [6, 6.07) is 22.0. The number of hydrogen-bond acceptors (Lipinski definition) is 4. The van der Waals surface area contributed by atoms with E-state index in [9.17, 15) is 4.79 Å². The molecule has 1 aromatic heterocycles. The smallest absolute Gasteiger partial charge is 0.336 e. The van der Waals surface area contributed by atoms with Crippen molar-refractivity contribution in [1.29, 1.82) is 0 Å². The lowest BCUT2D eigenvalue weighted by molar-refractivity contribution is 0.319. The molecule has 136 valence electrons. The minimum atomic E-state index is -0.343. The molecule has 0 aliphatic carbocycles. The average molecular weight is 359 g/mol. The van der Waals surface area contributed by atoms with Crippen molar-refractivity contribution >= 4 is 21.7 Å². The van der Waals surface area contributed by atoms with Crippen molar-refractivity contribution in [3.8, 4) is 5.75 Å². The number of benzene rings is 3. The van der Waals surface area contributed by atoms with Crippen LogP contribution in [0.15, 0.2) is 75.9 Å². The fraction of sp³-hybridized carbons (Fsp3) is 0.174. The average Bonchev–Trinajstić information content (AvgIpc) is 2.67. The fourth-order valence-electron chi connectivity index (χ4n) is 3.46. The Hall–Kier alpha value is -3.11. The zero-order valence-corrected chi connectivity index (χ0v) is 15.4. The lowest BCUT2D eigenvalue weighted by Crippen LogP contribution is -2.18. The molecule has 0 saturated heterocycles. The first kappa shape index (κ1) is 17.3. The van der Waals surface area contributed by atoms with Gasteiger partial charge in [-0.1, -0.05) is 36.4 Å². The lowest BCUT2D eigenvalue weighted by Gasteiger charge is -2.18.